The molecule has 0 radical (unpaired) electrons. The molecule has 2 rings (SSSR count). The highest BCUT2D eigenvalue weighted by molar-refractivity contribution is 5.13. The van der Waals surface area contributed by atoms with Gasteiger partial charge in [0.2, 0.25) is 0 Å². The number of aromatic nitrogens is 4. The summed E-state index contributed by atoms with van der Waals surface area (Å²) in [6.07, 6.45) is -0.838. The first kappa shape index (κ1) is 14.6. The van der Waals surface area contributed by atoms with Gasteiger partial charge in [-0.25, -0.2) is 0 Å². The van der Waals surface area contributed by atoms with Crippen LogP contribution in [0, 0.1) is 0 Å². The number of hydrogen-bond acceptors (Lipinski definition) is 3. The Bertz CT molecular complexity index is 570. The molecule has 110 valence electrons. The standard InChI is InChI=1S/C12H16F3N5/c1-3-20-10(4-11(18-20)12(13,14)15)7-16-5-9-6-17-19(2)8-9/h4,6,8,16H,3,5,7H2,1-2H3. The van der Waals surface area contributed by atoms with Crippen LogP contribution in [0.2, 0.25) is 0 Å². The van der Waals surface area contributed by atoms with Crippen molar-refractivity contribution in [2.75, 3.05) is 0 Å². The van der Waals surface area contributed by atoms with E-state index in [-0.39, 0.29) is 0 Å². The van der Waals surface area contributed by atoms with E-state index in [0.29, 0.717) is 25.3 Å². The van der Waals surface area contributed by atoms with E-state index < -0.39 is 11.9 Å². The van der Waals surface area contributed by atoms with Gasteiger partial charge in [-0.15, -0.1) is 0 Å². The van der Waals surface area contributed by atoms with Crippen LogP contribution in [0.3, 0.4) is 0 Å². The molecule has 2 heterocycles. The van der Waals surface area contributed by atoms with Crippen LogP contribution in [0.1, 0.15) is 23.9 Å². The first-order valence-electron chi connectivity index (χ1n) is 6.22. The number of nitrogens with zero attached hydrogens (tertiary/aromatic N) is 4. The minimum atomic E-state index is -4.40. The Labute approximate surface area is 114 Å². The van der Waals surface area contributed by atoms with Crippen molar-refractivity contribution in [1.29, 1.82) is 0 Å². The summed E-state index contributed by atoms with van der Waals surface area (Å²) >= 11 is 0. The molecule has 2 aromatic heterocycles. The molecule has 5 nitrogen and oxygen atoms in total. The normalized spacial score (nSPS) is 12.1. The lowest BCUT2D eigenvalue weighted by Gasteiger charge is -2.05. The van der Waals surface area contributed by atoms with Crippen LogP contribution in [-0.4, -0.2) is 19.6 Å². The van der Waals surface area contributed by atoms with E-state index in [1.54, 1.807) is 17.8 Å². The SMILES string of the molecule is CCn1nc(C(F)(F)F)cc1CNCc1cnn(C)c1. The molecular formula is C12H16F3N5. The minimum Gasteiger partial charge on any atom is -0.307 e. The molecule has 1 N–H and O–H groups in total. The zero-order chi connectivity index (χ0) is 14.8. The van der Waals surface area contributed by atoms with Crippen LogP contribution in [-0.2, 0) is 32.9 Å². The molecule has 8 heteroatoms. The van der Waals surface area contributed by atoms with Gasteiger partial charge in [0.1, 0.15) is 0 Å². The van der Waals surface area contributed by atoms with E-state index in [2.05, 4.69) is 15.5 Å². The van der Waals surface area contributed by atoms with E-state index >= 15 is 0 Å². The van der Waals surface area contributed by atoms with Gasteiger partial charge < -0.3 is 5.32 Å². The Balaban J connectivity index is 2.00. The Kier molecular flexibility index (Phi) is 4.12. The lowest BCUT2D eigenvalue weighted by atomic mass is 10.3. The predicted octanol–water partition coefficient (Wildman–Crippen LogP) is 1.95. The van der Waals surface area contributed by atoms with Crippen LogP contribution in [0.25, 0.3) is 0 Å². The monoisotopic (exact) mass is 287 g/mol. The van der Waals surface area contributed by atoms with Gasteiger partial charge in [-0.1, -0.05) is 0 Å². The summed E-state index contributed by atoms with van der Waals surface area (Å²) < 4.78 is 40.8. The zero-order valence-electron chi connectivity index (χ0n) is 11.3. The molecular weight excluding hydrogens is 271 g/mol. The second-order valence-electron chi connectivity index (χ2n) is 4.46. The zero-order valence-corrected chi connectivity index (χ0v) is 11.3. The Morgan fingerprint density at radius 2 is 2.05 bits per heavy atom. The van der Waals surface area contributed by atoms with Crippen molar-refractivity contribution in [2.45, 2.75) is 32.7 Å². The van der Waals surface area contributed by atoms with Crippen molar-refractivity contribution >= 4 is 0 Å². The number of alkyl halides is 3. The third-order valence-electron chi connectivity index (χ3n) is 2.85. The van der Waals surface area contributed by atoms with Crippen molar-refractivity contribution in [3.05, 3.63) is 35.4 Å². The van der Waals surface area contributed by atoms with Crippen molar-refractivity contribution in [1.82, 2.24) is 24.9 Å². The topological polar surface area (TPSA) is 47.7 Å². The molecule has 0 aliphatic rings. The molecule has 0 fully saturated rings. The van der Waals surface area contributed by atoms with E-state index in [1.807, 2.05) is 13.2 Å². The van der Waals surface area contributed by atoms with Gasteiger partial charge in [0.15, 0.2) is 5.69 Å². The average Bonchev–Trinajstić information content (AvgIpc) is 2.95. The maximum absolute atomic E-state index is 12.6. The summed E-state index contributed by atoms with van der Waals surface area (Å²) in [5, 5.41) is 10.7. The molecule has 0 spiro atoms. The van der Waals surface area contributed by atoms with Crippen LogP contribution in [0.15, 0.2) is 18.5 Å². The second-order valence-corrected chi connectivity index (χ2v) is 4.46. The fraction of sp³-hybridized carbons (Fsp3) is 0.500. The quantitative estimate of drug-likeness (QED) is 0.914. The van der Waals surface area contributed by atoms with E-state index in [1.165, 1.54) is 4.68 Å². The van der Waals surface area contributed by atoms with Crippen LogP contribution in [0.5, 0.6) is 0 Å². The highest BCUT2D eigenvalue weighted by Crippen LogP contribution is 2.28. The Hall–Kier alpha value is -1.83. The molecule has 0 saturated carbocycles. The maximum Gasteiger partial charge on any atom is 0.435 e. The van der Waals surface area contributed by atoms with Crippen molar-refractivity contribution in [3.8, 4) is 0 Å². The molecule has 2 aromatic rings. The average molecular weight is 287 g/mol. The lowest BCUT2D eigenvalue weighted by Crippen LogP contribution is -2.15. The fourth-order valence-electron chi connectivity index (χ4n) is 1.91. The molecule has 20 heavy (non-hydrogen) atoms. The van der Waals surface area contributed by atoms with Gasteiger partial charge in [-0.3, -0.25) is 9.36 Å². The second kappa shape index (κ2) is 5.66. The van der Waals surface area contributed by atoms with Gasteiger partial charge in [0, 0.05) is 38.4 Å². The van der Waals surface area contributed by atoms with Crippen LogP contribution in [0.4, 0.5) is 13.2 Å². The Morgan fingerprint density at radius 1 is 1.30 bits per heavy atom. The van der Waals surface area contributed by atoms with Gasteiger partial charge >= 0.3 is 6.18 Å². The van der Waals surface area contributed by atoms with Gasteiger partial charge in [-0.05, 0) is 13.0 Å². The van der Waals surface area contributed by atoms with Crippen molar-refractivity contribution < 1.29 is 13.2 Å². The van der Waals surface area contributed by atoms with Gasteiger partial charge in [0.05, 0.1) is 11.9 Å². The largest absolute Gasteiger partial charge is 0.435 e. The highest BCUT2D eigenvalue weighted by Gasteiger charge is 2.34. The highest BCUT2D eigenvalue weighted by atomic mass is 19.4. The summed E-state index contributed by atoms with van der Waals surface area (Å²) in [6, 6.07) is 1.08. The summed E-state index contributed by atoms with van der Waals surface area (Å²) in [7, 11) is 1.81. The molecule has 0 aliphatic heterocycles. The first-order valence-corrected chi connectivity index (χ1v) is 6.22. The number of nitrogens with one attached hydrogen (secondary N) is 1. The Morgan fingerprint density at radius 3 is 2.60 bits per heavy atom. The van der Waals surface area contributed by atoms with Gasteiger partial charge in [0.25, 0.3) is 0 Å². The fourth-order valence-corrected chi connectivity index (χ4v) is 1.91. The number of rotatable bonds is 5. The molecule has 0 bridgehead atoms. The molecule has 0 aromatic carbocycles. The van der Waals surface area contributed by atoms with Crippen molar-refractivity contribution in [3.63, 3.8) is 0 Å². The van der Waals surface area contributed by atoms with Gasteiger partial charge in [-0.2, -0.15) is 23.4 Å². The minimum absolute atomic E-state index is 0.325. The third-order valence-corrected chi connectivity index (χ3v) is 2.85. The molecule has 0 amide bonds. The summed E-state index contributed by atoms with van der Waals surface area (Å²) in [5.74, 6) is 0. The smallest absolute Gasteiger partial charge is 0.307 e. The summed E-state index contributed by atoms with van der Waals surface area (Å²) in [4.78, 5) is 0. The van der Waals surface area contributed by atoms with Crippen molar-refractivity contribution in [2.24, 2.45) is 7.05 Å². The van der Waals surface area contributed by atoms with E-state index in [4.69, 9.17) is 0 Å². The summed E-state index contributed by atoms with van der Waals surface area (Å²) in [5.41, 5.74) is 0.646. The summed E-state index contributed by atoms with van der Waals surface area (Å²) in [6.45, 7) is 3.04. The lowest BCUT2D eigenvalue weighted by molar-refractivity contribution is -0.141. The van der Waals surface area contributed by atoms with E-state index in [0.717, 1.165) is 11.6 Å². The molecule has 0 unspecified atom stereocenters. The van der Waals surface area contributed by atoms with E-state index in [9.17, 15) is 13.2 Å². The first-order chi connectivity index (χ1) is 9.40. The van der Waals surface area contributed by atoms with Crippen LogP contribution >= 0.6 is 0 Å². The van der Waals surface area contributed by atoms with Crippen LogP contribution < -0.4 is 5.32 Å². The maximum atomic E-state index is 12.6. The third kappa shape index (κ3) is 3.38. The number of hydrogen-bond donors (Lipinski definition) is 1. The number of aryl methyl sites for hydroxylation is 2. The molecule has 0 aliphatic carbocycles. The molecule has 0 atom stereocenters. The predicted molar refractivity (Wildman–Crippen MR) is 66.7 cm³/mol. The molecule has 0 saturated heterocycles. The number of halogens is 3.